The van der Waals surface area contributed by atoms with Gasteiger partial charge < -0.3 is 0 Å². The molecule has 0 aliphatic heterocycles. The van der Waals surface area contributed by atoms with E-state index < -0.39 is 6.08 Å². The second-order valence-corrected chi connectivity index (χ2v) is 3.04. The first-order valence-corrected chi connectivity index (χ1v) is 4.27. The first-order chi connectivity index (χ1) is 6.75. The van der Waals surface area contributed by atoms with Crippen molar-refractivity contribution in [2.75, 3.05) is 0 Å². The Balaban J connectivity index is 2.57. The number of hydrogen-bond donors (Lipinski definition) is 0. The second-order valence-electron chi connectivity index (χ2n) is 3.04. The highest BCUT2D eigenvalue weighted by Gasteiger charge is 1.95. The fraction of sp³-hybridized carbons (Fsp3) is 0. The summed E-state index contributed by atoms with van der Waals surface area (Å²) in [5, 5.41) is 2.03. The van der Waals surface area contributed by atoms with Crippen LogP contribution in [-0.4, -0.2) is 0 Å². The largest absolute Gasteiger partial charge is 0.270 e. The lowest BCUT2D eigenvalue weighted by atomic mass is 10.1. The first-order valence-electron chi connectivity index (χ1n) is 4.27. The van der Waals surface area contributed by atoms with Gasteiger partial charge in [-0.1, -0.05) is 36.4 Å². The van der Waals surface area contributed by atoms with Crippen LogP contribution in [0.3, 0.4) is 0 Å². The number of benzene rings is 2. The number of fused-ring (bicyclic) bond motifs is 1. The van der Waals surface area contributed by atoms with Crippen LogP contribution in [0, 0.1) is 0 Å². The molecule has 2 aromatic carbocycles. The molecule has 2 rings (SSSR count). The zero-order valence-corrected chi connectivity index (χ0v) is 7.37. The lowest BCUT2D eigenvalue weighted by Crippen LogP contribution is -1.75. The fourth-order valence-corrected chi connectivity index (χ4v) is 1.42. The van der Waals surface area contributed by atoms with Crippen molar-refractivity contribution in [2.24, 2.45) is 0 Å². The van der Waals surface area contributed by atoms with Gasteiger partial charge in [-0.3, -0.25) is 0 Å². The number of hydrogen-bond acceptors (Lipinski definition) is 0. The monoisotopic (exact) mass is 189 g/mol. The van der Waals surface area contributed by atoms with Crippen molar-refractivity contribution in [1.82, 2.24) is 0 Å². The van der Waals surface area contributed by atoms with Gasteiger partial charge in [0.15, 0.2) is 0 Å². The molecule has 0 bridgehead atoms. The van der Waals surface area contributed by atoms with Crippen LogP contribution in [0.25, 0.3) is 16.8 Å². The highest BCUT2D eigenvalue weighted by Crippen LogP contribution is 2.17. The summed E-state index contributed by atoms with van der Waals surface area (Å²) in [5.74, 6) is 0. The molecule has 0 atom stereocenters. The maximum atomic E-state index is 12.0. The van der Waals surface area contributed by atoms with Crippen LogP contribution in [0.15, 0.2) is 48.5 Å². The third-order valence-corrected chi connectivity index (χ3v) is 2.05. The molecule has 0 radical (unpaired) electrons. The Hall–Kier alpha value is -1.70. The van der Waals surface area contributed by atoms with E-state index in [1.807, 2.05) is 30.3 Å². The fourth-order valence-electron chi connectivity index (χ4n) is 1.42. The van der Waals surface area contributed by atoms with E-state index in [1.54, 1.807) is 12.1 Å². The molecule has 0 N–H and O–H groups in total. The Morgan fingerprint density at radius 1 is 0.929 bits per heavy atom. The van der Waals surface area contributed by atoms with E-state index in [1.165, 1.54) is 0 Å². The molecule has 0 saturated carbocycles. The van der Waals surface area contributed by atoms with Gasteiger partial charge in [0.2, 0.25) is 0 Å². The molecule has 0 unspecified atom stereocenters. The van der Waals surface area contributed by atoms with Crippen molar-refractivity contribution < 1.29 is 8.78 Å². The Kier molecular flexibility index (Phi) is 2.27. The molecule has 0 nitrogen and oxygen atoms in total. The smallest absolute Gasteiger partial charge is 0.173 e. The van der Waals surface area contributed by atoms with Crippen molar-refractivity contribution in [2.45, 2.75) is 0 Å². The SMILES string of the molecule is F/C([18F])=C\c1ccc2ccccc2c1. The summed E-state index contributed by atoms with van der Waals surface area (Å²) in [7, 11) is 0. The highest BCUT2D eigenvalue weighted by atomic mass is 19.2. The van der Waals surface area contributed by atoms with E-state index in [2.05, 4.69) is 0 Å². The van der Waals surface area contributed by atoms with Crippen LogP contribution < -0.4 is 0 Å². The highest BCUT2D eigenvalue weighted by molar-refractivity contribution is 5.84. The summed E-state index contributed by atoms with van der Waals surface area (Å²) in [6.45, 7) is 0. The Morgan fingerprint density at radius 2 is 1.64 bits per heavy atom. The van der Waals surface area contributed by atoms with Crippen molar-refractivity contribution in [3.8, 4) is 0 Å². The van der Waals surface area contributed by atoms with Crippen molar-refractivity contribution in [3.05, 3.63) is 54.1 Å². The van der Waals surface area contributed by atoms with Gasteiger partial charge in [-0.15, -0.1) is 0 Å². The molecule has 70 valence electrons. The third kappa shape index (κ3) is 1.79. The summed E-state index contributed by atoms with van der Waals surface area (Å²) < 4.78 is 24.0. The van der Waals surface area contributed by atoms with Gasteiger partial charge in [-0.25, -0.2) is 0 Å². The molecule has 0 fully saturated rings. The minimum Gasteiger partial charge on any atom is -0.173 e. The standard InChI is InChI=1S/C12H8F2/c13-12(14)8-9-5-6-10-3-1-2-4-11(10)7-9/h1-8H/i13-1/b12-8-. The van der Waals surface area contributed by atoms with Crippen molar-refractivity contribution >= 4 is 16.8 Å². The lowest BCUT2D eigenvalue weighted by molar-refractivity contribution is 0.429. The minimum absolute atomic E-state index is 0.531. The zero-order valence-electron chi connectivity index (χ0n) is 7.37. The summed E-state index contributed by atoms with van der Waals surface area (Å²) in [6, 6.07) is 12.9. The molecule has 0 saturated heterocycles. The molecule has 0 amide bonds. The third-order valence-electron chi connectivity index (χ3n) is 2.05. The van der Waals surface area contributed by atoms with Crippen LogP contribution in [0.1, 0.15) is 5.56 Å². The van der Waals surface area contributed by atoms with E-state index in [0.29, 0.717) is 5.56 Å². The normalized spacial score (nSPS) is 12.0. The molecule has 0 aromatic heterocycles. The van der Waals surface area contributed by atoms with Gasteiger partial charge in [0.05, 0.1) is 0 Å². The van der Waals surface area contributed by atoms with Gasteiger partial charge in [0.1, 0.15) is 0 Å². The average Bonchev–Trinajstić information content (AvgIpc) is 2.17. The molecule has 14 heavy (non-hydrogen) atoms. The number of halogens is 2. The van der Waals surface area contributed by atoms with Crippen molar-refractivity contribution in [1.29, 1.82) is 0 Å². The molecule has 0 spiro atoms. The van der Waals surface area contributed by atoms with Crippen LogP contribution in [0.5, 0.6) is 0 Å². The quantitative estimate of drug-likeness (QED) is 0.634. The van der Waals surface area contributed by atoms with E-state index in [0.717, 1.165) is 16.8 Å². The molecule has 2 aromatic rings. The van der Waals surface area contributed by atoms with E-state index in [4.69, 9.17) is 0 Å². The summed E-state index contributed by atoms with van der Waals surface area (Å²) in [6.07, 6.45) is -0.799. The number of rotatable bonds is 1. The van der Waals surface area contributed by atoms with Crippen LogP contribution in [-0.2, 0) is 0 Å². The van der Waals surface area contributed by atoms with Gasteiger partial charge >= 0.3 is 0 Å². The van der Waals surface area contributed by atoms with E-state index in [9.17, 15) is 8.78 Å². The molecule has 0 aliphatic carbocycles. The summed E-state index contributed by atoms with van der Waals surface area (Å²) >= 11 is 0. The van der Waals surface area contributed by atoms with Gasteiger partial charge in [-0.2, -0.15) is 8.78 Å². The Labute approximate surface area is 80.5 Å². The first kappa shape index (κ1) is 8.88. The van der Waals surface area contributed by atoms with Gasteiger partial charge in [-0.05, 0) is 22.4 Å². The topological polar surface area (TPSA) is 0 Å². The second kappa shape index (κ2) is 3.58. The van der Waals surface area contributed by atoms with Crippen LogP contribution >= 0.6 is 0 Å². The molecular formula is C12H8F2. The van der Waals surface area contributed by atoms with Crippen molar-refractivity contribution in [3.63, 3.8) is 0 Å². The maximum Gasteiger partial charge on any atom is 0.270 e. The Bertz CT molecular complexity index is 482. The zero-order chi connectivity index (χ0) is 9.97. The molecular weight excluding hydrogens is 181 g/mol. The predicted octanol–water partition coefficient (Wildman–Crippen LogP) is 4.08. The minimum atomic E-state index is -1.67. The molecule has 0 heterocycles. The maximum absolute atomic E-state index is 12.0. The van der Waals surface area contributed by atoms with E-state index in [-0.39, 0.29) is 0 Å². The van der Waals surface area contributed by atoms with E-state index >= 15 is 0 Å². The summed E-state index contributed by atoms with van der Waals surface area (Å²) in [4.78, 5) is 0. The predicted molar refractivity (Wildman–Crippen MR) is 54.1 cm³/mol. The Morgan fingerprint density at radius 3 is 2.36 bits per heavy atom. The average molecular weight is 189 g/mol. The molecule has 0 aliphatic rings. The lowest BCUT2D eigenvalue weighted by Gasteiger charge is -1.98. The van der Waals surface area contributed by atoms with Crippen LogP contribution in [0.4, 0.5) is 8.78 Å². The van der Waals surface area contributed by atoms with Gasteiger partial charge in [0.25, 0.3) is 6.08 Å². The molecule has 2 heteroatoms. The van der Waals surface area contributed by atoms with Crippen LogP contribution in [0.2, 0.25) is 0 Å². The summed E-state index contributed by atoms with van der Waals surface area (Å²) in [5.41, 5.74) is 0.531. The van der Waals surface area contributed by atoms with Gasteiger partial charge in [0, 0.05) is 6.08 Å².